The maximum absolute atomic E-state index is 5.83. The Morgan fingerprint density at radius 1 is 0.955 bits per heavy atom. The Bertz CT molecular complexity index is 1680. The molecule has 234 valence electrons. The number of anilines is 1. The van der Waals surface area contributed by atoms with Gasteiger partial charge < -0.3 is 9.64 Å². The molecule has 0 N–H and O–H groups in total. The first-order valence-corrected chi connectivity index (χ1v) is 16.4. The number of aromatic nitrogens is 3. The first kappa shape index (κ1) is 30.5. The smallest absolute Gasteiger partial charge is 0.205 e. The van der Waals surface area contributed by atoms with Crippen molar-refractivity contribution in [2.45, 2.75) is 101 Å². The number of ether oxygens (including phenoxy) is 1. The van der Waals surface area contributed by atoms with E-state index in [1.165, 1.54) is 27.9 Å². The fourth-order valence-electron chi connectivity index (χ4n) is 7.67. The summed E-state index contributed by atoms with van der Waals surface area (Å²) in [4.78, 5) is 8.09. The van der Waals surface area contributed by atoms with Crippen LogP contribution in [0.15, 0.2) is 34.4 Å². The highest BCUT2D eigenvalue weighted by atomic mass is 16.5. The summed E-state index contributed by atoms with van der Waals surface area (Å²) in [6.07, 6.45) is 4.27. The van der Waals surface area contributed by atoms with Crippen molar-refractivity contribution < 1.29 is 4.74 Å². The standard InChI is InChI=1S/C37H50N6O/c1-12-23(13-2)24-14-15-29(44-11)26(16-24)33-39-40-34-30(32(35(4,5)6)41-43(33)34)38-28-17-25-18-36(7,8)20-42-21-37(9,10)19-27(22(28)3)31(25)42/h14-17,23H,12-13,18-21H2,1-11H3/b38-30-. The van der Waals surface area contributed by atoms with Crippen LogP contribution in [0.25, 0.3) is 11.4 Å². The van der Waals surface area contributed by atoms with Gasteiger partial charge in [-0.2, -0.15) is 9.78 Å². The molecule has 3 aliphatic rings. The maximum atomic E-state index is 5.83. The molecule has 2 aromatic carbocycles. The van der Waals surface area contributed by atoms with Crippen LogP contribution in [0, 0.1) is 23.2 Å². The summed E-state index contributed by atoms with van der Waals surface area (Å²) < 4.78 is 7.71. The molecule has 1 aromatic heterocycles. The molecule has 0 bridgehead atoms. The summed E-state index contributed by atoms with van der Waals surface area (Å²) in [6.45, 7) is 25.1. The molecule has 7 nitrogen and oxygen atoms in total. The Balaban J connectivity index is 1.53. The van der Waals surface area contributed by atoms with Crippen molar-refractivity contribution in [1.82, 2.24) is 14.9 Å². The fourth-order valence-corrected chi connectivity index (χ4v) is 7.67. The second-order valence-corrected chi connectivity index (χ2v) is 15.8. The first-order chi connectivity index (χ1) is 20.7. The van der Waals surface area contributed by atoms with Crippen LogP contribution in [0.3, 0.4) is 0 Å². The van der Waals surface area contributed by atoms with E-state index in [-0.39, 0.29) is 16.2 Å². The zero-order chi connectivity index (χ0) is 31.8. The molecule has 0 spiro atoms. The summed E-state index contributed by atoms with van der Waals surface area (Å²) >= 11 is 0. The van der Waals surface area contributed by atoms with E-state index in [0.717, 1.165) is 67.2 Å². The molecule has 0 radical (unpaired) electrons. The van der Waals surface area contributed by atoms with Gasteiger partial charge in [0, 0.05) is 24.2 Å². The molecule has 3 aromatic rings. The lowest BCUT2D eigenvalue weighted by atomic mass is 9.72. The minimum Gasteiger partial charge on any atom is -0.496 e. The molecule has 0 fully saturated rings. The van der Waals surface area contributed by atoms with Crippen molar-refractivity contribution in [2.24, 2.45) is 26.3 Å². The van der Waals surface area contributed by atoms with Gasteiger partial charge in [-0.15, -0.1) is 10.2 Å². The van der Waals surface area contributed by atoms with Crippen LogP contribution in [-0.4, -0.2) is 46.5 Å². The van der Waals surface area contributed by atoms with E-state index in [9.17, 15) is 0 Å². The van der Waals surface area contributed by atoms with E-state index >= 15 is 0 Å². The number of methoxy groups -OCH3 is 1. The van der Waals surface area contributed by atoms with Crippen LogP contribution in [0.2, 0.25) is 0 Å². The number of benzene rings is 2. The molecule has 4 heterocycles. The van der Waals surface area contributed by atoms with Gasteiger partial charge in [0.15, 0.2) is 5.82 Å². The topological polar surface area (TPSA) is 67.9 Å². The zero-order valence-electron chi connectivity index (χ0n) is 28.7. The molecule has 6 rings (SSSR count). The molecule has 0 atom stereocenters. The normalized spacial score (nSPS) is 19.3. The minimum atomic E-state index is -0.241. The van der Waals surface area contributed by atoms with Crippen LogP contribution in [0.1, 0.15) is 109 Å². The average Bonchev–Trinajstić information content (AvgIpc) is 3.50. The van der Waals surface area contributed by atoms with E-state index < -0.39 is 0 Å². The summed E-state index contributed by atoms with van der Waals surface area (Å²) in [7, 11) is 1.71. The molecule has 0 unspecified atom stereocenters. The predicted molar refractivity (Wildman–Crippen MR) is 182 cm³/mol. The molecule has 3 aliphatic heterocycles. The second-order valence-electron chi connectivity index (χ2n) is 15.8. The third-order valence-corrected chi connectivity index (χ3v) is 9.76. The highest BCUT2D eigenvalue weighted by Gasteiger charge is 2.41. The van der Waals surface area contributed by atoms with Gasteiger partial charge in [-0.1, -0.05) is 68.4 Å². The molecule has 0 saturated carbocycles. The summed E-state index contributed by atoms with van der Waals surface area (Å²) in [6, 6.07) is 8.78. The van der Waals surface area contributed by atoms with Gasteiger partial charge in [-0.3, -0.25) is 0 Å². The van der Waals surface area contributed by atoms with Crippen molar-refractivity contribution in [3.63, 3.8) is 0 Å². The number of rotatable bonds is 6. The zero-order valence-corrected chi connectivity index (χ0v) is 28.7. The van der Waals surface area contributed by atoms with Gasteiger partial charge in [0.25, 0.3) is 0 Å². The van der Waals surface area contributed by atoms with Crippen molar-refractivity contribution in [3.8, 4) is 17.1 Å². The Labute approximate surface area is 263 Å². The number of aliphatic imine (C=N–C) groups is 1. The van der Waals surface area contributed by atoms with Crippen LogP contribution in [0.5, 0.6) is 5.75 Å². The van der Waals surface area contributed by atoms with Crippen LogP contribution in [-0.2, 0) is 12.8 Å². The van der Waals surface area contributed by atoms with E-state index in [1.54, 1.807) is 7.11 Å². The first-order valence-electron chi connectivity index (χ1n) is 16.4. The van der Waals surface area contributed by atoms with E-state index in [1.807, 2.05) is 4.68 Å². The summed E-state index contributed by atoms with van der Waals surface area (Å²) in [5, 5.41) is 14.6. The van der Waals surface area contributed by atoms with Crippen molar-refractivity contribution in [3.05, 3.63) is 52.3 Å². The van der Waals surface area contributed by atoms with E-state index in [2.05, 4.69) is 98.4 Å². The van der Waals surface area contributed by atoms with Gasteiger partial charge in [0.1, 0.15) is 11.5 Å². The highest BCUT2D eigenvalue weighted by Crippen LogP contribution is 2.49. The van der Waals surface area contributed by atoms with Gasteiger partial charge in [0.2, 0.25) is 5.82 Å². The number of fused-ring (bicyclic) bond motifs is 1. The van der Waals surface area contributed by atoms with Gasteiger partial charge >= 0.3 is 0 Å². The average molecular weight is 595 g/mol. The highest BCUT2D eigenvalue weighted by molar-refractivity contribution is 6.50. The Hall–Kier alpha value is -3.48. The van der Waals surface area contributed by atoms with Crippen LogP contribution >= 0.6 is 0 Å². The molecule has 44 heavy (non-hydrogen) atoms. The molecular weight excluding hydrogens is 544 g/mol. The maximum Gasteiger partial charge on any atom is 0.205 e. The van der Waals surface area contributed by atoms with Crippen molar-refractivity contribution >= 4 is 22.8 Å². The lowest BCUT2D eigenvalue weighted by molar-refractivity contribution is 0.289. The van der Waals surface area contributed by atoms with Gasteiger partial charge in [-0.25, -0.2) is 4.99 Å². The summed E-state index contributed by atoms with van der Waals surface area (Å²) in [5.41, 5.74) is 10.7. The summed E-state index contributed by atoms with van der Waals surface area (Å²) in [5.74, 6) is 2.62. The lowest BCUT2D eigenvalue weighted by Crippen LogP contribution is -2.48. The van der Waals surface area contributed by atoms with Gasteiger partial charge in [0.05, 0.1) is 24.1 Å². The minimum absolute atomic E-state index is 0.205. The quantitative estimate of drug-likeness (QED) is 0.287. The molecule has 0 aliphatic carbocycles. The SMILES string of the molecule is CCC(CC)c1ccc(OC)c(-c2nnc3n2N=C(C(C)(C)C)/C3=N/c2cc3c4c(c2C)CC(C)(C)CN4CC(C)(C)C3)c1. The van der Waals surface area contributed by atoms with E-state index in [4.69, 9.17) is 25.0 Å². The number of hydrogen-bond donors (Lipinski definition) is 0. The number of hydrogen-bond acceptors (Lipinski definition) is 6. The third kappa shape index (κ3) is 5.16. The van der Waals surface area contributed by atoms with Gasteiger partial charge in [-0.05, 0) is 89.8 Å². The Morgan fingerprint density at radius 3 is 2.25 bits per heavy atom. The molecule has 7 heteroatoms. The second kappa shape index (κ2) is 10.6. The van der Waals surface area contributed by atoms with Crippen LogP contribution < -0.4 is 9.64 Å². The van der Waals surface area contributed by atoms with Crippen molar-refractivity contribution in [1.29, 1.82) is 0 Å². The van der Waals surface area contributed by atoms with Crippen molar-refractivity contribution in [2.75, 3.05) is 25.1 Å². The third-order valence-electron chi connectivity index (χ3n) is 9.76. The monoisotopic (exact) mass is 594 g/mol. The fraction of sp³-hybridized carbons (Fsp3) is 0.568. The van der Waals surface area contributed by atoms with Crippen LogP contribution in [0.4, 0.5) is 11.4 Å². The Morgan fingerprint density at radius 2 is 1.61 bits per heavy atom. The molecule has 0 saturated heterocycles. The predicted octanol–water partition coefficient (Wildman–Crippen LogP) is 8.52. The Kier molecular flexibility index (Phi) is 7.33. The lowest BCUT2D eigenvalue weighted by Gasteiger charge is -2.49. The molecular formula is C37H50N6O. The molecule has 0 amide bonds. The van der Waals surface area contributed by atoms with E-state index in [0.29, 0.717) is 17.6 Å². The number of nitrogens with zero attached hydrogens (tertiary/aromatic N) is 6. The largest absolute Gasteiger partial charge is 0.496 e.